The zero-order valence-corrected chi connectivity index (χ0v) is 7.99. The normalized spacial score (nSPS) is 29.8. The molecular weight excluding hydrogens is 154 g/mol. The molecular formula is C9H19NO2. The van der Waals surface area contributed by atoms with Gasteiger partial charge in [-0.2, -0.15) is 0 Å². The lowest BCUT2D eigenvalue weighted by molar-refractivity contribution is 0.0779. The number of ether oxygens (including phenoxy) is 1. The molecule has 0 radical (unpaired) electrons. The van der Waals surface area contributed by atoms with Gasteiger partial charge in [0, 0.05) is 25.7 Å². The molecule has 0 aromatic heterocycles. The van der Waals surface area contributed by atoms with E-state index >= 15 is 0 Å². The van der Waals surface area contributed by atoms with Gasteiger partial charge in [0.25, 0.3) is 0 Å². The van der Waals surface area contributed by atoms with Gasteiger partial charge in [0.05, 0.1) is 12.7 Å². The summed E-state index contributed by atoms with van der Waals surface area (Å²) in [4.78, 5) is 2.29. The molecule has 2 unspecified atom stereocenters. The lowest BCUT2D eigenvalue weighted by Gasteiger charge is -2.26. The number of nitrogens with zero attached hydrogens (tertiary/aromatic N) is 1. The highest BCUT2D eigenvalue weighted by Crippen LogP contribution is 2.07. The Morgan fingerprint density at radius 2 is 2.42 bits per heavy atom. The molecule has 0 aromatic rings. The van der Waals surface area contributed by atoms with E-state index in [0.29, 0.717) is 6.04 Å². The van der Waals surface area contributed by atoms with E-state index in [9.17, 15) is 5.11 Å². The first-order valence-corrected chi connectivity index (χ1v) is 4.70. The third-order valence-electron chi connectivity index (χ3n) is 2.22. The van der Waals surface area contributed by atoms with Gasteiger partial charge in [-0.05, 0) is 20.3 Å². The Kier molecular flexibility index (Phi) is 3.98. The number of hydrogen-bond donors (Lipinski definition) is 1. The summed E-state index contributed by atoms with van der Waals surface area (Å²) in [7, 11) is 0. The number of rotatable bonds is 2. The molecule has 1 aliphatic rings. The van der Waals surface area contributed by atoms with Crippen molar-refractivity contribution >= 4 is 0 Å². The highest BCUT2D eigenvalue weighted by Gasteiger charge is 2.17. The Morgan fingerprint density at radius 1 is 1.67 bits per heavy atom. The Hall–Kier alpha value is -0.120. The summed E-state index contributed by atoms with van der Waals surface area (Å²) >= 11 is 0. The van der Waals surface area contributed by atoms with Crippen molar-refractivity contribution in [3.05, 3.63) is 0 Å². The molecule has 0 amide bonds. The molecule has 0 aromatic carbocycles. The highest BCUT2D eigenvalue weighted by molar-refractivity contribution is 4.71. The van der Waals surface area contributed by atoms with Crippen molar-refractivity contribution in [1.29, 1.82) is 0 Å². The van der Waals surface area contributed by atoms with E-state index in [2.05, 4.69) is 11.8 Å². The summed E-state index contributed by atoms with van der Waals surface area (Å²) in [6, 6.07) is 0.446. The van der Waals surface area contributed by atoms with E-state index < -0.39 is 0 Å². The number of β-amino-alcohol motifs (C(OH)–C–C–N with tert-alkyl or cyclic N) is 1. The SMILES string of the molecule is CC(O)CN1CCCOCC1C. The minimum absolute atomic E-state index is 0.231. The first-order chi connectivity index (χ1) is 5.70. The lowest BCUT2D eigenvalue weighted by Crippen LogP contribution is -2.39. The second kappa shape index (κ2) is 4.80. The third kappa shape index (κ3) is 3.09. The molecule has 1 rings (SSSR count). The Labute approximate surface area is 74.3 Å². The molecule has 12 heavy (non-hydrogen) atoms. The van der Waals surface area contributed by atoms with Gasteiger partial charge in [-0.15, -0.1) is 0 Å². The van der Waals surface area contributed by atoms with Crippen molar-refractivity contribution in [3.8, 4) is 0 Å². The van der Waals surface area contributed by atoms with Gasteiger partial charge >= 0.3 is 0 Å². The predicted octanol–water partition coefficient (Wildman–Crippen LogP) is 0.478. The van der Waals surface area contributed by atoms with Crippen LogP contribution in [0.3, 0.4) is 0 Å². The summed E-state index contributed by atoms with van der Waals surface area (Å²) in [5.74, 6) is 0. The fourth-order valence-electron chi connectivity index (χ4n) is 1.56. The average molecular weight is 173 g/mol. The molecule has 1 aliphatic heterocycles. The third-order valence-corrected chi connectivity index (χ3v) is 2.22. The summed E-state index contributed by atoms with van der Waals surface area (Å²) in [5, 5.41) is 9.23. The maximum absolute atomic E-state index is 9.23. The van der Waals surface area contributed by atoms with Crippen molar-refractivity contribution in [2.75, 3.05) is 26.3 Å². The summed E-state index contributed by atoms with van der Waals surface area (Å²) in [6.45, 7) is 7.45. The van der Waals surface area contributed by atoms with Crippen LogP contribution in [0.15, 0.2) is 0 Å². The molecule has 0 saturated carbocycles. The van der Waals surface area contributed by atoms with Crippen molar-refractivity contribution < 1.29 is 9.84 Å². The summed E-state index contributed by atoms with van der Waals surface area (Å²) < 4.78 is 5.40. The minimum Gasteiger partial charge on any atom is -0.392 e. The van der Waals surface area contributed by atoms with Crippen LogP contribution in [0.1, 0.15) is 20.3 Å². The largest absolute Gasteiger partial charge is 0.392 e. The molecule has 0 bridgehead atoms. The van der Waals surface area contributed by atoms with E-state index in [1.165, 1.54) is 0 Å². The monoisotopic (exact) mass is 173 g/mol. The molecule has 1 heterocycles. The maximum atomic E-state index is 9.23. The van der Waals surface area contributed by atoms with E-state index in [1.807, 2.05) is 6.92 Å². The van der Waals surface area contributed by atoms with Crippen LogP contribution >= 0.6 is 0 Å². The highest BCUT2D eigenvalue weighted by atomic mass is 16.5. The van der Waals surface area contributed by atoms with Crippen LogP contribution in [-0.4, -0.2) is 48.5 Å². The second-order valence-corrected chi connectivity index (χ2v) is 3.62. The number of aliphatic hydroxyl groups is 1. The predicted molar refractivity (Wildman–Crippen MR) is 48.2 cm³/mol. The van der Waals surface area contributed by atoms with E-state index in [1.54, 1.807) is 0 Å². The second-order valence-electron chi connectivity index (χ2n) is 3.62. The Morgan fingerprint density at radius 3 is 3.08 bits per heavy atom. The van der Waals surface area contributed by atoms with Gasteiger partial charge in [-0.25, -0.2) is 0 Å². The maximum Gasteiger partial charge on any atom is 0.0639 e. The van der Waals surface area contributed by atoms with Crippen LogP contribution in [0, 0.1) is 0 Å². The molecule has 1 fully saturated rings. The van der Waals surface area contributed by atoms with Crippen molar-refractivity contribution in [1.82, 2.24) is 4.90 Å². The molecule has 0 spiro atoms. The van der Waals surface area contributed by atoms with Crippen LogP contribution < -0.4 is 0 Å². The average Bonchev–Trinajstić information content (AvgIpc) is 2.16. The number of hydrogen-bond acceptors (Lipinski definition) is 3. The van der Waals surface area contributed by atoms with E-state index in [0.717, 1.165) is 32.7 Å². The van der Waals surface area contributed by atoms with Crippen molar-refractivity contribution in [2.24, 2.45) is 0 Å². The van der Waals surface area contributed by atoms with Gasteiger partial charge < -0.3 is 9.84 Å². The zero-order chi connectivity index (χ0) is 8.97. The molecule has 72 valence electrons. The Balaban J connectivity index is 2.36. The van der Waals surface area contributed by atoms with Gasteiger partial charge in [0.2, 0.25) is 0 Å². The smallest absolute Gasteiger partial charge is 0.0639 e. The van der Waals surface area contributed by atoms with Crippen LogP contribution in [0.25, 0.3) is 0 Å². The van der Waals surface area contributed by atoms with Crippen LogP contribution in [0.4, 0.5) is 0 Å². The zero-order valence-electron chi connectivity index (χ0n) is 7.99. The van der Waals surface area contributed by atoms with E-state index in [4.69, 9.17) is 4.74 Å². The van der Waals surface area contributed by atoms with Gasteiger partial charge in [-0.3, -0.25) is 4.90 Å². The summed E-state index contributed by atoms with van der Waals surface area (Å²) in [5.41, 5.74) is 0. The Bertz CT molecular complexity index is 128. The van der Waals surface area contributed by atoms with Gasteiger partial charge in [0.15, 0.2) is 0 Å². The van der Waals surface area contributed by atoms with Crippen LogP contribution in [0.5, 0.6) is 0 Å². The molecule has 0 aliphatic carbocycles. The first kappa shape index (κ1) is 9.96. The quantitative estimate of drug-likeness (QED) is 0.659. The van der Waals surface area contributed by atoms with Crippen LogP contribution in [-0.2, 0) is 4.74 Å². The van der Waals surface area contributed by atoms with Crippen molar-refractivity contribution in [2.45, 2.75) is 32.4 Å². The molecule has 2 atom stereocenters. The van der Waals surface area contributed by atoms with Crippen molar-refractivity contribution in [3.63, 3.8) is 0 Å². The fraction of sp³-hybridized carbons (Fsp3) is 1.00. The summed E-state index contributed by atoms with van der Waals surface area (Å²) in [6.07, 6.45) is 0.849. The minimum atomic E-state index is -0.231. The van der Waals surface area contributed by atoms with E-state index in [-0.39, 0.29) is 6.10 Å². The molecule has 3 nitrogen and oxygen atoms in total. The fourth-order valence-corrected chi connectivity index (χ4v) is 1.56. The molecule has 1 N–H and O–H groups in total. The lowest BCUT2D eigenvalue weighted by atomic mass is 10.2. The molecule has 1 saturated heterocycles. The van der Waals surface area contributed by atoms with Gasteiger partial charge in [-0.1, -0.05) is 0 Å². The topological polar surface area (TPSA) is 32.7 Å². The van der Waals surface area contributed by atoms with Gasteiger partial charge in [0.1, 0.15) is 0 Å². The first-order valence-electron chi connectivity index (χ1n) is 4.70. The number of aliphatic hydroxyl groups excluding tert-OH is 1. The molecule has 3 heteroatoms. The van der Waals surface area contributed by atoms with Crippen LogP contribution in [0.2, 0.25) is 0 Å². The standard InChI is InChI=1S/C9H19NO2/c1-8-7-12-5-3-4-10(8)6-9(2)11/h8-9,11H,3-7H2,1-2H3.